The Balaban J connectivity index is 0.00000192. The van der Waals surface area contributed by atoms with Gasteiger partial charge in [-0.1, -0.05) is 36.2 Å². The van der Waals surface area contributed by atoms with E-state index in [1.807, 2.05) is 18.2 Å². The second-order valence-electron chi connectivity index (χ2n) is 6.30. The van der Waals surface area contributed by atoms with E-state index in [1.54, 1.807) is 0 Å². The van der Waals surface area contributed by atoms with Gasteiger partial charge in [0.05, 0.1) is 10.0 Å². The highest BCUT2D eigenvalue weighted by molar-refractivity contribution is 6.42. The van der Waals surface area contributed by atoms with Crippen LogP contribution < -0.4 is 5.32 Å². The second kappa shape index (κ2) is 8.06. The summed E-state index contributed by atoms with van der Waals surface area (Å²) in [6.45, 7) is 4.93. The van der Waals surface area contributed by atoms with Crippen LogP contribution in [-0.4, -0.2) is 36.5 Å². The SMILES string of the molecule is CCCN(C(=O)C1CC1c1ccc(Cl)c(Cl)c1)C1CCNC1.Cl. The smallest absolute Gasteiger partial charge is 0.226 e. The average Bonchev–Trinajstić information content (AvgIpc) is 3.13. The number of carbonyl (C=O) groups excluding carboxylic acids is 1. The Morgan fingerprint density at radius 1 is 1.35 bits per heavy atom. The van der Waals surface area contributed by atoms with E-state index in [-0.39, 0.29) is 18.3 Å². The molecule has 3 rings (SSSR count). The number of hydrogen-bond donors (Lipinski definition) is 1. The summed E-state index contributed by atoms with van der Waals surface area (Å²) in [4.78, 5) is 15.0. The Kier molecular flexibility index (Phi) is 6.61. The van der Waals surface area contributed by atoms with Crippen LogP contribution in [0.25, 0.3) is 0 Å². The lowest BCUT2D eigenvalue weighted by Gasteiger charge is -2.28. The van der Waals surface area contributed by atoms with Crippen LogP contribution in [0, 0.1) is 5.92 Å². The van der Waals surface area contributed by atoms with Gasteiger partial charge in [0, 0.05) is 25.0 Å². The monoisotopic (exact) mass is 376 g/mol. The standard InChI is InChI=1S/C17H22Cl2N2O.ClH/c1-2-7-21(12-5-6-20-10-12)17(22)14-9-13(14)11-3-4-15(18)16(19)8-11;/h3-4,8,12-14,20H,2,5-7,9-10H2,1H3;1H. The summed E-state index contributed by atoms with van der Waals surface area (Å²) >= 11 is 12.1. The van der Waals surface area contributed by atoms with E-state index in [0.717, 1.165) is 44.5 Å². The zero-order chi connectivity index (χ0) is 15.7. The molecule has 6 heteroatoms. The first kappa shape index (κ1) is 18.9. The topological polar surface area (TPSA) is 32.3 Å². The molecule has 1 amide bonds. The minimum atomic E-state index is 0. The molecular formula is C17H23Cl3N2O. The van der Waals surface area contributed by atoms with Gasteiger partial charge >= 0.3 is 0 Å². The molecule has 1 saturated carbocycles. The van der Waals surface area contributed by atoms with Gasteiger partial charge in [0.2, 0.25) is 5.91 Å². The third kappa shape index (κ3) is 4.14. The summed E-state index contributed by atoms with van der Waals surface area (Å²) in [5.74, 6) is 0.729. The quantitative estimate of drug-likeness (QED) is 0.837. The molecule has 2 fully saturated rings. The number of rotatable bonds is 5. The maximum absolute atomic E-state index is 12.9. The van der Waals surface area contributed by atoms with Gasteiger partial charge in [-0.2, -0.15) is 0 Å². The number of benzene rings is 1. The molecule has 0 aromatic heterocycles. The molecule has 3 nitrogen and oxygen atoms in total. The van der Waals surface area contributed by atoms with Crippen molar-refractivity contribution in [1.82, 2.24) is 10.2 Å². The molecule has 1 N–H and O–H groups in total. The van der Waals surface area contributed by atoms with Gasteiger partial charge in [-0.05, 0) is 49.4 Å². The van der Waals surface area contributed by atoms with Crippen molar-refractivity contribution in [3.63, 3.8) is 0 Å². The molecule has 23 heavy (non-hydrogen) atoms. The molecule has 1 heterocycles. The largest absolute Gasteiger partial charge is 0.338 e. The molecule has 1 aliphatic carbocycles. The van der Waals surface area contributed by atoms with Crippen molar-refractivity contribution in [2.45, 2.75) is 38.1 Å². The van der Waals surface area contributed by atoms with Crippen LogP contribution in [0.2, 0.25) is 10.0 Å². The summed E-state index contributed by atoms with van der Waals surface area (Å²) < 4.78 is 0. The number of carbonyl (C=O) groups is 1. The summed E-state index contributed by atoms with van der Waals surface area (Å²) in [5.41, 5.74) is 1.13. The lowest BCUT2D eigenvalue weighted by Crippen LogP contribution is -2.43. The van der Waals surface area contributed by atoms with Gasteiger partial charge in [0.15, 0.2) is 0 Å². The first-order valence-electron chi connectivity index (χ1n) is 8.08. The molecule has 1 saturated heterocycles. The van der Waals surface area contributed by atoms with Gasteiger partial charge in [-0.25, -0.2) is 0 Å². The van der Waals surface area contributed by atoms with Crippen molar-refractivity contribution < 1.29 is 4.79 Å². The van der Waals surface area contributed by atoms with E-state index in [0.29, 0.717) is 27.9 Å². The summed E-state index contributed by atoms with van der Waals surface area (Å²) in [6.07, 6.45) is 3.00. The second-order valence-corrected chi connectivity index (χ2v) is 7.11. The molecule has 1 aliphatic heterocycles. The van der Waals surface area contributed by atoms with Crippen LogP contribution in [0.15, 0.2) is 18.2 Å². The zero-order valence-corrected chi connectivity index (χ0v) is 15.6. The number of nitrogens with zero attached hydrogens (tertiary/aromatic N) is 1. The number of nitrogens with one attached hydrogen (secondary N) is 1. The Bertz CT molecular complexity index is 561. The fraction of sp³-hybridized carbons (Fsp3) is 0.588. The van der Waals surface area contributed by atoms with Crippen molar-refractivity contribution >= 4 is 41.5 Å². The van der Waals surface area contributed by atoms with E-state index in [1.165, 1.54) is 0 Å². The highest BCUT2D eigenvalue weighted by atomic mass is 35.5. The molecule has 3 unspecified atom stereocenters. The number of halogens is 3. The predicted molar refractivity (Wildman–Crippen MR) is 97.8 cm³/mol. The third-order valence-electron chi connectivity index (χ3n) is 4.70. The lowest BCUT2D eigenvalue weighted by atomic mass is 10.1. The zero-order valence-electron chi connectivity index (χ0n) is 13.2. The Morgan fingerprint density at radius 2 is 2.13 bits per heavy atom. The van der Waals surface area contributed by atoms with Crippen LogP contribution in [-0.2, 0) is 4.79 Å². The van der Waals surface area contributed by atoms with Crippen molar-refractivity contribution in [3.05, 3.63) is 33.8 Å². The number of hydrogen-bond acceptors (Lipinski definition) is 2. The maximum atomic E-state index is 12.9. The van der Waals surface area contributed by atoms with Crippen LogP contribution in [0.5, 0.6) is 0 Å². The molecule has 0 bridgehead atoms. The third-order valence-corrected chi connectivity index (χ3v) is 5.44. The lowest BCUT2D eigenvalue weighted by molar-refractivity contribution is -0.134. The molecule has 0 radical (unpaired) electrons. The first-order chi connectivity index (χ1) is 10.6. The minimum Gasteiger partial charge on any atom is -0.338 e. The Labute approximate surface area is 154 Å². The number of amides is 1. The van der Waals surface area contributed by atoms with Crippen molar-refractivity contribution in [1.29, 1.82) is 0 Å². The summed E-state index contributed by atoms with van der Waals surface area (Å²) in [5, 5.41) is 4.50. The van der Waals surface area contributed by atoms with E-state index in [4.69, 9.17) is 23.2 Å². The Hall–Kier alpha value is -0.480. The summed E-state index contributed by atoms with van der Waals surface area (Å²) in [7, 11) is 0. The highest BCUT2D eigenvalue weighted by Crippen LogP contribution is 2.49. The van der Waals surface area contributed by atoms with Crippen molar-refractivity contribution in [2.75, 3.05) is 19.6 Å². The average molecular weight is 378 g/mol. The Morgan fingerprint density at radius 3 is 2.74 bits per heavy atom. The predicted octanol–water partition coefficient (Wildman–Crippen LogP) is 4.12. The van der Waals surface area contributed by atoms with E-state index >= 15 is 0 Å². The molecule has 2 aliphatic rings. The molecule has 1 aromatic rings. The van der Waals surface area contributed by atoms with Crippen LogP contribution in [0.3, 0.4) is 0 Å². The minimum absolute atomic E-state index is 0. The van der Waals surface area contributed by atoms with Crippen LogP contribution >= 0.6 is 35.6 Å². The van der Waals surface area contributed by atoms with Gasteiger partial charge in [0.25, 0.3) is 0 Å². The first-order valence-corrected chi connectivity index (χ1v) is 8.83. The summed E-state index contributed by atoms with van der Waals surface area (Å²) in [6, 6.07) is 6.09. The van der Waals surface area contributed by atoms with Gasteiger partial charge < -0.3 is 10.2 Å². The normalized spacial score (nSPS) is 25.8. The highest BCUT2D eigenvalue weighted by Gasteiger charge is 2.47. The molecule has 0 spiro atoms. The fourth-order valence-electron chi connectivity index (χ4n) is 3.41. The van der Waals surface area contributed by atoms with Crippen LogP contribution in [0.4, 0.5) is 0 Å². The molecule has 1 aromatic carbocycles. The molecule has 3 atom stereocenters. The van der Waals surface area contributed by atoms with E-state index in [2.05, 4.69) is 17.1 Å². The van der Waals surface area contributed by atoms with Gasteiger partial charge in [0.1, 0.15) is 0 Å². The van der Waals surface area contributed by atoms with Crippen molar-refractivity contribution in [3.8, 4) is 0 Å². The van der Waals surface area contributed by atoms with E-state index in [9.17, 15) is 4.79 Å². The maximum Gasteiger partial charge on any atom is 0.226 e. The van der Waals surface area contributed by atoms with Gasteiger partial charge in [-0.3, -0.25) is 4.79 Å². The van der Waals surface area contributed by atoms with E-state index < -0.39 is 0 Å². The molecule has 128 valence electrons. The fourth-order valence-corrected chi connectivity index (χ4v) is 3.72. The molecular weight excluding hydrogens is 355 g/mol. The van der Waals surface area contributed by atoms with Crippen molar-refractivity contribution in [2.24, 2.45) is 5.92 Å². The van der Waals surface area contributed by atoms with Gasteiger partial charge in [-0.15, -0.1) is 12.4 Å². The van der Waals surface area contributed by atoms with Crippen LogP contribution in [0.1, 0.15) is 37.7 Å².